The van der Waals surface area contributed by atoms with E-state index >= 15 is 0 Å². The number of hydrogen-bond donors (Lipinski definition) is 2. The largest absolute Gasteiger partial charge is 0.396 e. The molecule has 0 aromatic heterocycles. The van der Waals surface area contributed by atoms with E-state index in [1.54, 1.807) is 0 Å². The molecule has 1 aliphatic rings. The molecule has 0 aromatic rings. The molecular formula is C8H14O2. The van der Waals surface area contributed by atoms with Crippen molar-refractivity contribution in [2.45, 2.75) is 25.9 Å². The van der Waals surface area contributed by atoms with E-state index in [0.717, 1.165) is 18.4 Å². The maximum atomic E-state index is 9.30. The van der Waals surface area contributed by atoms with E-state index in [0.29, 0.717) is 0 Å². The summed E-state index contributed by atoms with van der Waals surface area (Å²) in [5.41, 5.74) is 1.05. The number of aliphatic hydroxyl groups is 2. The summed E-state index contributed by atoms with van der Waals surface area (Å²) in [6, 6.07) is 0. The normalized spacial score (nSPS) is 33.7. The van der Waals surface area contributed by atoms with Crippen molar-refractivity contribution in [2.75, 3.05) is 6.61 Å². The lowest BCUT2D eigenvalue weighted by molar-refractivity contribution is 0.131. The number of rotatable bonds is 1. The van der Waals surface area contributed by atoms with Crippen LogP contribution in [0.1, 0.15) is 19.8 Å². The Morgan fingerprint density at radius 1 is 1.70 bits per heavy atom. The van der Waals surface area contributed by atoms with Crippen LogP contribution >= 0.6 is 0 Å². The second-order valence-electron chi connectivity index (χ2n) is 2.98. The summed E-state index contributed by atoms with van der Waals surface area (Å²) in [6.45, 7) is 2.12. The first-order valence-electron chi connectivity index (χ1n) is 3.69. The summed E-state index contributed by atoms with van der Waals surface area (Å²) in [5.74, 6) is 0.277. The second-order valence-corrected chi connectivity index (χ2v) is 2.98. The molecule has 10 heavy (non-hydrogen) atoms. The van der Waals surface area contributed by atoms with E-state index in [1.807, 2.05) is 13.0 Å². The molecule has 2 heteroatoms. The highest BCUT2D eigenvalue weighted by atomic mass is 16.3. The lowest BCUT2D eigenvalue weighted by Gasteiger charge is -2.22. The molecule has 0 aromatic carbocycles. The molecule has 0 saturated heterocycles. The van der Waals surface area contributed by atoms with Gasteiger partial charge in [-0.3, -0.25) is 0 Å². The van der Waals surface area contributed by atoms with Gasteiger partial charge in [0.15, 0.2) is 0 Å². The average Bonchev–Trinajstić information content (AvgIpc) is 1.95. The zero-order valence-corrected chi connectivity index (χ0v) is 6.25. The van der Waals surface area contributed by atoms with Crippen LogP contribution in [0, 0.1) is 5.92 Å². The molecule has 0 saturated carbocycles. The van der Waals surface area contributed by atoms with Crippen molar-refractivity contribution in [2.24, 2.45) is 5.92 Å². The van der Waals surface area contributed by atoms with Crippen LogP contribution in [-0.2, 0) is 0 Å². The third kappa shape index (κ3) is 1.58. The Bertz CT molecular complexity index is 140. The van der Waals surface area contributed by atoms with E-state index in [4.69, 9.17) is 5.11 Å². The first-order chi connectivity index (χ1) is 4.74. The number of hydrogen-bond acceptors (Lipinski definition) is 2. The minimum Gasteiger partial charge on any atom is -0.396 e. The summed E-state index contributed by atoms with van der Waals surface area (Å²) in [4.78, 5) is 0. The molecule has 0 amide bonds. The van der Waals surface area contributed by atoms with Crippen LogP contribution in [0.2, 0.25) is 0 Å². The van der Waals surface area contributed by atoms with Crippen molar-refractivity contribution in [1.29, 1.82) is 0 Å². The Labute approximate surface area is 61.2 Å². The van der Waals surface area contributed by atoms with E-state index in [1.165, 1.54) is 0 Å². The van der Waals surface area contributed by atoms with Gasteiger partial charge >= 0.3 is 0 Å². The predicted molar refractivity (Wildman–Crippen MR) is 39.6 cm³/mol. The van der Waals surface area contributed by atoms with Gasteiger partial charge in [-0.1, -0.05) is 6.08 Å². The van der Waals surface area contributed by atoms with Gasteiger partial charge in [0, 0.05) is 6.61 Å². The Morgan fingerprint density at radius 3 is 2.90 bits per heavy atom. The fourth-order valence-corrected chi connectivity index (χ4v) is 1.24. The standard InChI is InChI=1S/C8H14O2/c1-6-2-3-7(5-9)4-8(6)10/h2,7-10H,3-5H2,1H3. The first-order valence-corrected chi connectivity index (χ1v) is 3.69. The smallest absolute Gasteiger partial charge is 0.0751 e. The third-order valence-corrected chi connectivity index (χ3v) is 2.11. The van der Waals surface area contributed by atoms with Crippen molar-refractivity contribution in [3.8, 4) is 0 Å². The monoisotopic (exact) mass is 142 g/mol. The SMILES string of the molecule is CC1=CCC(CO)CC1O. The molecule has 1 aliphatic carbocycles. The highest BCUT2D eigenvalue weighted by Gasteiger charge is 2.18. The van der Waals surface area contributed by atoms with Gasteiger partial charge in [0.2, 0.25) is 0 Å². The zero-order chi connectivity index (χ0) is 7.56. The maximum Gasteiger partial charge on any atom is 0.0751 e. The lowest BCUT2D eigenvalue weighted by Crippen LogP contribution is -2.21. The Hall–Kier alpha value is -0.340. The van der Waals surface area contributed by atoms with Crippen LogP contribution in [0.3, 0.4) is 0 Å². The van der Waals surface area contributed by atoms with Gasteiger partial charge in [-0.2, -0.15) is 0 Å². The Kier molecular flexibility index (Phi) is 2.46. The summed E-state index contributed by atoms with van der Waals surface area (Å²) < 4.78 is 0. The Balaban J connectivity index is 2.51. The van der Waals surface area contributed by atoms with Gasteiger partial charge < -0.3 is 10.2 Å². The van der Waals surface area contributed by atoms with Gasteiger partial charge in [0.05, 0.1) is 6.10 Å². The Morgan fingerprint density at radius 2 is 2.40 bits per heavy atom. The van der Waals surface area contributed by atoms with Gasteiger partial charge in [-0.15, -0.1) is 0 Å². The fraction of sp³-hybridized carbons (Fsp3) is 0.750. The topological polar surface area (TPSA) is 40.5 Å². The molecule has 2 atom stereocenters. The second kappa shape index (κ2) is 3.17. The minimum absolute atomic E-state index is 0.195. The molecule has 1 rings (SSSR count). The first kappa shape index (κ1) is 7.76. The molecule has 0 radical (unpaired) electrons. The fourth-order valence-electron chi connectivity index (χ4n) is 1.24. The van der Waals surface area contributed by atoms with Gasteiger partial charge in [0.1, 0.15) is 0 Å². The van der Waals surface area contributed by atoms with Gasteiger partial charge in [-0.05, 0) is 31.3 Å². The van der Waals surface area contributed by atoms with Crippen molar-refractivity contribution < 1.29 is 10.2 Å². The van der Waals surface area contributed by atoms with Crippen molar-refractivity contribution in [3.05, 3.63) is 11.6 Å². The molecule has 2 N–H and O–H groups in total. The van der Waals surface area contributed by atoms with E-state index < -0.39 is 0 Å². The van der Waals surface area contributed by atoms with E-state index in [9.17, 15) is 5.11 Å². The molecule has 0 spiro atoms. The zero-order valence-electron chi connectivity index (χ0n) is 6.25. The molecule has 0 heterocycles. The summed E-state index contributed by atoms with van der Waals surface area (Å²) in [5, 5.41) is 18.1. The van der Waals surface area contributed by atoms with Gasteiger partial charge in [-0.25, -0.2) is 0 Å². The van der Waals surface area contributed by atoms with E-state index in [2.05, 4.69) is 0 Å². The van der Waals surface area contributed by atoms with Crippen LogP contribution in [0.25, 0.3) is 0 Å². The molecule has 0 bridgehead atoms. The predicted octanol–water partition coefficient (Wildman–Crippen LogP) is 0.696. The number of allylic oxidation sites excluding steroid dienone is 1. The lowest BCUT2D eigenvalue weighted by atomic mass is 9.89. The summed E-state index contributed by atoms with van der Waals surface area (Å²) in [6.07, 6.45) is 3.33. The van der Waals surface area contributed by atoms with Crippen LogP contribution in [0.5, 0.6) is 0 Å². The molecular weight excluding hydrogens is 128 g/mol. The van der Waals surface area contributed by atoms with Crippen molar-refractivity contribution in [3.63, 3.8) is 0 Å². The highest BCUT2D eigenvalue weighted by molar-refractivity contribution is 5.08. The molecule has 2 unspecified atom stereocenters. The quantitative estimate of drug-likeness (QED) is 0.529. The highest BCUT2D eigenvalue weighted by Crippen LogP contribution is 2.22. The third-order valence-electron chi connectivity index (χ3n) is 2.11. The van der Waals surface area contributed by atoms with E-state index in [-0.39, 0.29) is 18.6 Å². The summed E-state index contributed by atoms with van der Waals surface area (Å²) >= 11 is 0. The summed E-state index contributed by atoms with van der Waals surface area (Å²) in [7, 11) is 0. The molecule has 2 nitrogen and oxygen atoms in total. The van der Waals surface area contributed by atoms with Crippen molar-refractivity contribution in [1.82, 2.24) is 0 Å². The number of aliphatic hydroxyl groups excluding tert-OH is 2. The molecule has 0 fully saturated rings. The molecule has 0 aliphatic heterocycles. The van der Waals surface area contributed by atoms with Gasteiger partial charge in [0.25, 0.3) is 0 Å². The average molecular weight is 142 g/mol. The van der Waals surface area contributed by atoms with Crippen LogP contribution in [0.4, 0.5) is 0 Å². The van der Waals surface area contributed by atoms with Crippen LogP contribution < -0.4 is 0 Å². The van der Waals surface area contributed by atoms with Crippen molar-refractivity contribution >= 4 is 0 Å². The minimum atomic E-state index is -0.314. The van der Waals surface area contributed by atoms with Crippen LogP contribution in [-0.4, -0.2) is 22.9 Å². The molecule has 58 valence electrons. The van der Waals surface area contributed by atoms with Crippen LogP contribution in [0.15, 0.2) is 11.6 Å². The maximum absolute atomic E-state index is 9.30.